The molecular formula is C42H78N4. The van der Waals surface area contributed by atoms with Crippen LogP contribution in [0.4, 0.5) is 0 Å². The van der Waals surface area contributed by atoms with Crippen LogP contribution in [-0.4, -0.2) is 60.7 Å². The van der Waals surface area contributed by atoms with Crippen molar-refractivity contribution in [3.8, 4) is 0 Å². The molecule has 0 radical (unpaired) electrons. The molecule has 0 bridgehead atoms. The van der Waals surface area contributed by atoms with E-state index in [2.05, 4.69) is 48.0 Å². The highest BCUT2D eigenvalue weighted by Gasteiger charge is 2.20. The number of unbranched alkanes of at least 4 members (excludes halogenated alkanes) is 22. The highest BCUT2D eigenvalue weighted by Crippen LogP contribution is 2.16. The van der Waals surface area contributed by atoms with Crippen LogP contribution in [0.1, 0.15) is 194 Å². The van der Waals surface area contributed by atoms with Gasteiger partial charge < -0.3 is 9.80 Å². The molecule has 0 saturated heterocycles. The Labute approximate surface area is 288 Å². The summed E-state index contributed by atoms with van der Waals surface area (Å²) in [5.74, 6) is 2.76. The third-order valence-electron chi connectivity index (χ3n) is 10.0. The van der Waals surface area contributed by atoms with E-state index >= 15 is 0 Å². The first-order valence-corrected chi connectivity index (χ1v) is 20.7. The summed E-state index contributed by atoms with van der Waals surface area (Å²) in [5.41, 5.74) is 0. The van der Waals surface area contributed by atoms with E-state index in [0.717, 1.165) is 39.3 Å². The Balaban J connectivity index is 1.40. The van der Waals surface area contributed by atoms with Crippen LogP contribution in [0.25, 0.3) is 0 Å². The van der Waals surface area contributed by atoms with Gasteiger partial charge in [0.15, 0.2) is 0 Å². The monoisotopic (exact) mass is 639 g/mol. The van der Waals surface area contributed by atoms with Crippen molar-refractivity contribution >= 4 is 11.7 Å². The zero-order valence-electron chi connectivity index (χ0n) is 31.1. The Morgan fingerprint density at radius 2 is 0.717 bits per heavy atom. The van der Waals surface area contributed by atoms with E-state index in [1.807, 2.05) is 0 Å². The fourth-order valence-corrected chi connectivity index (χ4v) is 6.96. The summed E-state index contributed by atoms with van der Waals surface area (Å²) < 4.78 is 0. The number of nitrogens with zero attached hydrogens (tertiary/aromatic N) is 4. The third-order valence-corrected chi connectivity index (χ3v) is 10.0. The van der Waals surface area contributed by atoms with Gasteiger partial charge in [0.2, 0.25) is 0 Å². The summed E-state index contributed by atoms with van der Waals surface area (Å²) in [5, 5.41) is 0. The summed E-state index contributed by atoms with van der Waals surface area (Å²) in [4.78, 5) is 14.9. The molecule has 0 spiro atoms. The molecule has 4 heteroatoms. The summed E-state index contributed by atoms with van der Waals surface area (Å²) in [7, 11) is 0. The van der Waals surface area contributed by atoms with Crippen LogP contribution in [0.2, 0.25) is 0 Å². The Morgan fingerprint density at radius 3 is 1.07 bits per heavy atom. The van der Waals surface area contributed by atoms with Crippen LogP contribution in [0, 0.1) is 0 Å². The molecule has 0 amide bonds. The van der Waals surface area contributed by atoms with Crippen molar-refractivity contribution in [3.05, 3.63) is 24.3 Å². The van der Waals surface area contributed by atoms with Gasteiger partial charge in [0.1, 0.15) is 0 Å². The Morgan fingerprint density at radius 1 is 0.413 bits per heavy atom. The van der Waals surface area contributed by atoms with Gasteiger partial charge in [0.25, 0.3) is 0 Å². The van der Waals surface area contributed by atoms with Crippen molar-refractivity contribution in [3.63, 3.8) is 0 Å². The van der Waals surface area contributed by atoms with Gasteiger partial charge in [-0.1, -0.05) is 141 Å². The number of hydrogen-bond acceptors (Lipinski definition) is 4. The van der Waals surface area contributed by atoms with Crippen LogP contribution in [-0.2, 0) is 0 Å². The molecular weight excluding hydrogens is 560 g/mol. The predicted molar refractivity (Wildman–Crippen MR) is 207 cm³/mol. The summed E-state index contributed by atoms with van der Waals surface area (Å²) in [6.45, 7) is 11.1. The molecule has 2 rings (SSSR count). The van der Waals surface area contributed by atoms with Gasteiger partial charge in [-0.15, -0.1) is 0 Å². The molecule has 0 aromatic heterocycles. The molecule has 0 atom stereocenters. The molecule has 0 aromatic carbocycles. The maximum absolute atomic E-state index is 4.89. The predicted octanol–water partition coefficient (Wildman–Crippen LogP) is 12.5. The summed E-state index contributed by atoms with van der Waals surface area (Å²) >= 11 is 0. The SMILES string of the molecule is CCCCCCCC/C=C/CCCCCCCC1=NCCN1CCN1CCN=C1CCCCCCC/C=C/CCCCCCCC. The smallest absolute Gasteiger partial charge is 0.0990 e. The molecule has 0 unspecified atom stereocenters. The topological polar surface area (TPSA) is 31.2 Å². The molecule has 2 heterocycles. The lowest BCUT2D eigenvalue weighted by Gasteiger charge is -2.26. The minimum atomic E-state index is 0.996. The first-order chi connectivity index (χ1) is 22.8. The summed E-state index contributed by atoms with van der Waals surface area (Å²) in [6.07, 6.45) is 47.6. The molecule has 0 aromatic rings. The molecule has 0 saturated carbocycles. The van der Waals surface area contributed by atoms with E-state index in [1.165, 1.54) is 191 Å². The first kappa shape index (κ1) is 40.6. The second-order valence-electron chi connectivity index (χ2n) is 14.2. The molecule has 2 aliphatic rings. The van der Waals surface area contributed by atoms with Crippen molar-refractivity contribution < 1.29 is 0 Å². The zero-order chi connectivity index (χ0) is 32.6. The first-order valence-electron chi connectivity index (χ1n) is 20.7. The minimum absolute atomic E-state index is 0.996. The molecule has 46 heavy (non-hydrogen) atoms. The fraction of sp³-hybridized carbons (Fsp3) is 0.857. The summed E-state index contributed by atoms with van der Waals surface area (Å²) in [6, 6.07) is 0. The van der Waals surface area contributed by atoms with Gasteiger partial charge in [0, 0.05) is 39.0 Å². The van der Waals surface area contributed by atoms with Gasteiger partial charge in [-0.25, -0.2) is 0 Å². The van der Waals surface area contributed by atoms with Crippen LogP contribution in [0.15, 0.2) is 34.3 Å². The van der Waals surface area contributed by atoms with Crippen LogP contribution < -0.4 is 0 Å². The van der Waals surface area contributed by atoms with Crippen molar-refractivity contribution in [1.82, 2.24) is 9.80 Å². The Bertz CT molecular complexity index is 731. The highest BCUT2D eigenvalue weighted by molar-refractivity contribution is 5.85. The Kier molecular flexibility index (Phi) is 27.1. The maximum atomic E-state index is 4.89. The van der Waals surface area contributed by atoms with Gasteiger partial charge in [-0.05, 0) is 64.2 Å². The second-order valence-corrected chi connectivity index (χ2v) is 14.2. The number of aliphatic imine (C=N–C) groups is 2. The van der Waals surface area contributed by atoms with Crippen molar-refractivity contribution in [2.75, 3.05) is 39.3 Å². The van der Waals surface area contributed by atoms with Crippen LogP contribution in [0.5, 0.6) is 0 Å². The van der Waals surface area contributed by atoms with Crippen molar-refractivity contribution in [2.24, 2.45) is 9.98 Å². The lowest BCUT2D eigenvalue weighted by Crippen LogP contribution is -2.38. The second kappa shape index (κ2) is 30.7. The standard InChI is InChI=1S/C42H78N4/c1-3-5-7-9-11-13-15-17-19-21-23-25-27-29-31-33-41-43-35-37-45(41)39-40-46-38-36-44-42(46)34-32-30-28-26-24-22-20-18-16-14-12-10-8-6-4-2/h17-20H,3-16,21-40H2,1-2H3/b19-17+,20-18+. The van der Waals surface area contributed by atoms with E-state index in [-0.39, 0.29) is 0 Å². The largest absolute Gasteiger partial charge is 0.357 e. The van der Waals surface area contributed by atoms with Crippen molar-refractivity contribution in [2.45, 2.75) is 194 Å². The van der Waals surface area contributed by atoms with Crippen LogP contribution in [0.3, 0.4) is 0 Å². The van der Waals surface area contributed by atoms with Gasteiger partial charge in [0.05, 0.1) is 24.8 Å². The van der Waals surface area contributed by atoms with E-state index in [9.17, 15) is 0 Å². The third kappa shape index (κ3) is 22.1. The fourth-order valence-electron chi connectivity index (χ4n) is 6.96. The van der Waals surface area contributed by atoms with Crippen LogP contribution >= 0.6 is 0 Å². The highest BCUT2D eigenvalue weighted by atomic mass is 15.3. The lowest BCUT2D eigenvalue weighted by atomic mass is 10.1. The number of amidine groups is 2. The number of allylic oxidation sites excluding steroid dienone is 4. The molecule has 0 aliphatic carbocycles. The van der Waals surface area contributed by atoms with E-state index < -0.39 is 0 Å². The van der Waals surface area contributed by atoms with Crippen molar-refractivity contribution in [1.29, 1.82) is 0 Å². The van der Waals surface area contributed by atoms with E-state index in [0.29, 0.717) is 0 Å². The average molecular weight is 639 g/mol. The van der Waals surface area contributed by atoms with Gasteiger partial charge in [-0.2, -0.15) is 0 Å². The average Bonchev–Trinajstić information content (AvgIpc) is 3.72. The number of hydrogen-bond donors (Lipinski definition) is 0. The minimum Gasteiger partial charge on any atom is -0.357 e. The van der Waals surface area contributed by atoms with E-state index in [1.54, 1.807) is 0 Å². The lowest BCUT2D eigenvalue weighted by molar-refractivity contribution is 0.362. The molecule has 2 aliphatic heterocycles. The molecule has 0 fully saturated rings. The van der Waals surface area contributed by atoms with Gasteiger partial charge >= 0.3 is 0 Å². The zero-order valence-corrected chi connectivity index (χ0v) is 31.1. The maximum Gasteiger partial charge on any atom is 0.0990 e. The normalized spacial score (nSPS) is 15.3. The van der Waals surface area contributed by atoms with Gasteiger partial charge in [-0.3, -0.25) is 9.98 Å². The van der Waals surface area contributed by atoms with E-state index in [4.69, 9.17) is 9.98 Å². The quantitative estimate of drug-likeness (QED) is 0.0529. The Hall–Kier alpha value is -1.58. The molecule has 0 N–H and O–H groups in total. The number of rotatable bonds is 33. The molecule has 4 nitrogen and oxygen atoms in total. The molecule has 266 valence electrons.